The number of carbonyl (C=O) groups is 1. The molecular weight excluding hydrogens is 328 g/mol. The van der Waals surface area contributed by atoms with Gasteiger partial charge in [0.25, 0.3) is 5.91 Å². The number of ether oxygens (including phenoxy) is 2. The summed E-state index contributed by atoms with van der Waals surface area (Å²) in [5, 5.41) is 3.05. The molecule has 1 aliphatic carbocycles. The molecule has 0 spiro atoms. The molecule has 1 aromatic carbocycles. The van der Waals surface area contributed by atoms with Crippen LogP contribution in [-0.4, -0.2) is 49.7 Å². The van der Waals surface area contributed by atoms with E-state index in [1.165, 1.54) is 5.57 Å². The summed E-state index contributed by atoms with van der Waals surface area (Å²) >= 11 is 0. The van der Waals surface area contributed by atoms with Crippen molar-refractivity contribution >= 4 is 5.91 Å². The second kappa shape index (κ2) is 8.58. The van der Waals surface area contributed by atoms with E-state index in [0.717, 1.165) is 45.3 Å². The van der Waals surface area contributed by atoms with E-state index in [-0.39, 0.29) is 12.0 Å². The fourth-order valence-electron chi connectivity index (χ4n) is 3.21. The Balaban J connectivity index is 1.63. The van der Waals surface area contributed by atoms with Crippen molar-refractivity contribution in [3.63, 3.8) is 0 Å². The van der Waals surface area contributed by atoms with Crippen LogP contribution in [0.5, 0.6) is 11.5 Å². The van der Waals surface area contributed by atoms with E-state index in [1.54, 1.807) is 13.2 Å². The van der Waals surface area contributed by atoms with E-state index in [0.29, 0.717) is 23.1 Å². The van der Waals surface area contributed by atoms with Crippen LogP contribution in [0, 0.1) is 0 Å². The van der Waals surface area contributed by atoms with Crippen molar-refractivity contribution in [2.45, 2.75) is 51.7 Å². The second-order valence-corrected chi connectivity index (χ2v) is 7.34. The van der Waals surface area contributed by atoms with Crippen molar-refractivity contribution in [3.05, 3.63) is 35.4 Å². The lowest BCUT2D eigenvalue weighted by molar-refractivity contribution is 0.0914. The SMILES string of the molecule is C/C=C(\C)CN1CCC(Oc2cc(OC)ccc2C(=O)NC2CC2)CC1. The van der Waals surface area contributed by atoms with Crippen molar-refractivity contribution in [2.75, 3.05) is 26.7 Å². The van der Waals surface area contributed by atoms with Crippen molar-refractivity contribution in [2.24, 2.45) is 0 Å². The molecule has 0 atom stereocenters. The predicted molar refractivity (Wildman–Crippen MR) is 103 cm³/mol. The molecule has 1 heterocycles. The highest BCUT2D eigenvalue weighted by atomic mass is 16.5. The molecule has 3 rings (SSSR count). The molecule has 1 saturated carbocycles. The summed E-state index contributed by atoms with van der Waals surface area (Å²) in [6.07, 6.45) is 6.39. The van der Waals surface area contributed by atoms with Gasteiger partial charge in [0.05, 0.1) is 12.7 Å². The van der Waals surface area contributed by atoms with E-state index in [2.05, 4.69) is 30.1 Å². The monoisotopic (exact) mass is 358 g/mol. The van der Waals surface area contributed by atoms with Crippen molar-refractivity contribution in [1.82, 2.24) is 10.2 Å². The van der Waals surface area contributed by atoms with Gasteiger partial charge in [-0.25, -0.2) is 0 Å². The molecule has 0 bridgehead atoms. The van der Waals surface area contributed by atoms with Gasteiger partial charge in [-0.1, -0.05) is 11.6 Å². The zero-order chi connectivity index (χ0) is 18.5. The Morgan fingerprint density at radius 2 is 2.00 bits per heavy atom. The third-order valence-electron chi connectivity index (χ3n) is 5.14. The van der Waals surface area contributed by atoms with Crippen LogP contribution >= 0.6 is 0 Å². The average molecular weight is 358 g/mol. The summed E-state index contributed by atoms with van der Waals surface area (Å²) in [4.78, 5) is 15.0. The lowest BCUT2D eigenvalue weighted by atomic mass is 10.1. The highest BCUT2D eigenvalue weighted by Crippen LogP contribution is 2.29. The molecule has 142 valence electrons. The maximum Gasteiger partial charge on any atom is 0.255 e. The van der Waals surface area contributed by atoms with Crippen LogP contribution < -0.4 is 14.8 Å². The number of carbonyl (C=O) groups excluding carboxylic acids is 1. The Morgan fingerprint density at radius 1 is 1.27 bits per heavy atom. The van der Waals surface area contributed by atoms with E-state index >= 15 is 0 Å². The van der Waals surface area contributed by atoms with Gasteiger partial charge in [0.15, 0.2) is 0 Å². The number of nitrogens with zero attached hydrogens (tertiary/aromatic N) is 1. The zero-order valence-corrected chi connectivity index (χ0v) is 16.1. The minimum Gasteiger partial charge on any atom is -0.497 e. The Hall–Kier alpha value is -2.01. The molecular formula is C21H30N2O3. The quantitative estimate of drug-likeness (QED) is 0.759. The summed E-state index contributed by atoms with van der Waals surface area (Å²) in [5.74, 6) is 1.29. The number of allylic oxidation sites excluding steroid dienone is 1. The average Bonchev–Trinajstić information content (AvgIpc) is 3.47. The number of nitrogens with one attached hydrogen (secondary N) is 1. The smallest absolute Gasteiger partial charge is 0.255 e. The predicted octanol–water partition coefficient (Wildman–Crippen LogP) is 3.40. The fraction of sp³-hybridized carbons (Fsp3) is 0.571. The van der Waals surface area contributed by atoms with Crippen molar-refractivity contribution in [3.8, 4) is 11.5 Å². The van der Waals surface area contributed by atoms with Crippen LogP contribution in [0.1, 0.15) is 49.9 Å². The largest absolute Gasteiger partial charge is 0.497 e. The number of methoxy groups -OCH3 is 1. The normalized spacial score (nSPS) is 19.3. The van der Waals surface area contributed by atoms with E-state index in [4.69, 9.17) is 9.47 Å². The third-order valence-corrected chi connectivity index (χ3v) is 5.14. The van der Waals surface area contributed by atoms with Gasteiger partial charge in [-0.15, -0.1) is 0 Å². The van der Waals surface area contributed by atoms with Gasteiger partial charge in [0, 0.05) is 31.7 Å². The number of benzene rings is 1. The van der Waals surface area contributed by atoms with Crippen LogP contribution in [0.2, 0.25) is 0 Å². The maximum atomic E-state index is 12.5. The maximum absolute atomic E-state index is 12.5. The molecule has 2 aliphatic rings. The first kappa shape index (κ1) is 18.8. The second-order valence-electron chi connectivity index (χ2n) is 7.34. The summed E-state index contributed by atoms with van der Waals surface area (Å²) < 4.78 is 11.6. The third kappa shape index (κ3) is 5.01. The molecule has 0 radical (unpaired) electrons. The van der Waals surface area contributed by atoms with Crippen LogP contribution in [0.4, 0.5) is 0 Å². The molecule has 1 saturated heterocycles. The Bertz CT molecular complexity index is 659. The lowest BCUT2D eigenvalue weighted by Crippen LogP contribution is -2.39. The summed E-state index contributed by atoms with van der Waals surface area (Å²) in [6.45, 7) is 7.32. The van der Waals surface area contributed by atoms with Gasteiger partial charge in [-0.2, -0.15) is 0 Å². The molecule has 5 nitrogen and oxygen atoms in total. The molecule has 1 aromatic rings. The fourth-order valence-corrected chi connectivity index (χ4v) is 3.21. The lowest BCUT2D eigenvalue weighted by Gasteiger charge is -2.32. The van der Waals surface area contributed by atoms with Gasteiger partial charge < -0.3 is 14.8 Å². The molecule has 2 fully saturated rings. The van der Waals surface area contributed by atoms with E-state index < -0.39 is 0 Å². The highest BCUT2D eigenvalue weighted by Gasteiger charge is 2.27. The summed E-state index contributed by atoms with van der Waals surface area (Å²) in [6, 6.07) is 5.78. The van der Waals surface area contributed by atoms with E-state index in [1.807, 2.05) is 12.1 Å². The molecule has 1 aliphatic heterocycles. The van der Waals surface area contributed by atoms with Crippen molar-refractivity contribution < 1.29 is 14.3 Å². The minimum absolute atomic E-state index is 0.0497. The van der Waals surface area contributed by atoms with Crippen LogP contribution in [0.25, 0.3) is 0 Å². The first-order valence-electron chi connectivity index (χ1n) is 9.58. The first-order valence-corrected chi connectivity index (χ1v) is 9.58. The number of hydrogen-bond donors (Lipinski definition) is 1. The summed E-state index contributed by atoms with van der Waals surface area (Å²) in [5.41, 5.74) is 2.00. The molecule has 1 amide bonds. The zero-order valence-electron chi connectivity index (χ0n) is 16.1. The standard InChI is InChI=1S/C21H30N2O3/c1-4-15(2)14-23-11-9-17(10-12-23)26-20-13-18(25-3)7-8-19(20)21(24)22-16-5-6-16/h4,7-8,13,16-17H,5-6,9-12,14H2,1-3H3,(H,22,24)/b15-4+. The Labute approximate surface area is 156 Å². The van der Waals surface area contributed by atoms with Gasteiger partial charge in [-0.05, 0) is 51.7 Å². The van der Waals surface area contributed by atoms with Gasteiger partial charge >= 0.3 is 0 Å². The molecule has 5 heteroatoms. The van der Waals surface area contributed by atoms with Crippen LogP contribution in [0.3, 0.4) is 0 Å². The van der Waals surface area contributed by atoms with Gasteiger partial charge in [0.2, 0.25) is 0 Å². The van der Waals surface area contributed by atoms with E-state index in [9.17, 15) is 4.79 Å². The molecule has 0 unspecified atom stereocenters. The molecule has 0 aromatic heterocycles. The first-order chi connectivity index (χ1) is 12.6. The number of hydrogen-bond acceptors (Lipinski definition) is 4. The molecule has 1 N–H and O–H groups in total. The summed E-state index contributed by atoms with van der Waals surface area (Å²) in [7, 11) is 1.63. The van der Waals surface area contributed by atoms with Crippen molar-refractivity contribution in [1.29, 1.82) is 0 Å². The number of likely N-dealkylation sites (tertiary alicyclic amines) is 1. The Kier molecular flexibility index (Phi) is 6.20. The van der Waals surface area contributed by atoms with Crippen LogP contribution in [-0.2, 0) is 0 Å². The highest BCUT2D eigenvalue weighted by molar-refractivity contribution is 5.97. The number of rotatable bonds is 7. The topological polar surface area (TPSA) is 50.8 Å². The van der Waals surface area contributed by atoms with Gasteiger partial charge in [0.1, 0.15) is 17.6 Å². The van der Waals surface area contributed by atoms with Gasteiger partial charge in [-0.3, -0.25) is 9.69 Å². The number of piperidine rings is 1. The molecule has 26 heavy (non-hydrogen) atoms. The van der Waals surface area contributed by atoms with Crippen LogP contribution in [0.15, 0.2) is 29.8 Å². The minimum atomic E-state index is -0.0497. The number of amides is 1. The Morgan fingerprint density at radius 3 is 2.62 bits per heavy atom.